The molecule has 1 unspecified atom stereocenters. The van der Waals surface area contributed by atoms with Gasteiger partial charge in [-0.1, -0.05) is 348 Å². The van der Waals surface area contributed by atoms with Crippen molar-refractivity contribution < 1.29 is 28.6 Å². The number of hydrogen-bond donors (Lipinski definition) is 0. The van der Waals surface area contributed by atoms with Gasteiger partial charge in [0.25, 0.3) is 0 Å². The van der Waals surface area contributed by atoms with Crippen molar-refractivity contribution in [2.24, 2.45) is 0 Å². The summed E-state index contributed by atoms with van der Waals surface area (Å²) in [5.41, 5.74) is 0. The van der Waals surface area contributed by atoms with Crippen LogP contribution >= 0.6 is 0 Å². The molecule has 6 heteroatoms. The first-order valence-electron chi connectivity index (χ1n) is 34.7. The molecule has 0 rings (SSSR count). The molecule has 0 aliphatic carbocycles. The standard InChI is InChI=1S/C70H134O6/c1-4-7-10-13-16-19-22-25-26-27-28-29-30-31-32-33-34-35-36-37-38-39-40-41-42-43-46-48-51-54-57-60-63-69(72)75-66-67(76-70(73)64-61-58-55-52-49-45-24-21-18-15-12-9-6-3)65-74-68(71)62-59-56-53-50-47-44-23-20-17-14-11-8-5-2/h21,24,67H,4-20,22-23,25-66H2,1-3H3/b24-21-. The Hall–Kier alpha value is -1.85. The van der Waals surface area contributed by atoms with E-state index in [9.17, 15) is 14.4 Å². The van der Waals surface area contributed by atoms with Gasteiger partial charge in [-0.25, -0.2) is 0 Å². The third-order valence-corrected chi connectivity index (χ3v) is 16.0. The summed E-state index contributed by atoms with van der Waals surface area (Å²) >= 11 is 0. The van der Waals surface area contributed by atoms with Crippen molar-refractivity contribution in [3.8, 4) is 0 Å². The van der Waals surface area contributed by atoms with E-state index in [0.717, 1.165) is 64.2 Å². The van der Waals surface area contributed by atoms with E-state index >= 15 is 0 Å². The maximum absolute atomic E-state index is 12.9. The third-order valence-electron chi connectivity index (χ3n) is 16.0. The van der Waals surface area contributed by atoms with Crippen molar-refractivity contribution >= 4 is 17.9 Å². The fourth-order valence-corrected chi connectivity index (χ4v) is 10.8. The molecule has 0 fully saturated rings. The van der Waals surface area contributed by atoms with Gasteiger partial charge in [0.15, 0.2) is 6.10 Å². The van der Waals surface area contributed by atoms with Gasteiger partial charge in [-0.3, -0.25) is 14.4 Å². The third kappa shape index (κ3) is 63.0. The second kappa shape index (κ2) is 65.7. The lowest BCUT2D eigenvalue weighted by atomic mass is 10.0. The summed E-state index contributed by atoms with van der Waals surface area (Å²) in [5, 5.41) is 0. The Balaban J connectivity index is 4.03. The summed E-state index contributed by atoms with van der Waals surface area (Å²) in [6.45, 7) is 6.69. The number of ether oxygens (including phenoxy) is 3. The molecule has 450 valence electrons. The number of allylic oxidation sites excluding steroid dienone is 2. The van der Waals surface area contributed by atoms with E-state index in [1.807, 2.05) is 0 Å². The number of carbonyl (C=O) groups is 3. The van der Waals surface area contributed by atoms with Crippen molar-refractivity contribution in [2.45, 2.75) is 406 Å². The van der Waals surface area contributed by atoms with Crippen molar-refractivity contribution in [1.29, 1.82) is 0 Å². The Bertz CT molecular complexity index is 1180. The highest BCUT2D eigenvalue weighted by molar-refractivity contribution is 5.71. The van der Waals surface area contributed by atoms with E-state index in [1.165, 1.54) is 295 Å². The lowest BCUT2D eigenvalue weighted by molar-refractivity contribution is -0.167. The van der Waals surface area contributed by atoms with Gasteiger partial charge in [0.2, 0.25) is 0 Å². The minimum absolute atomic E-state index is 0.0671. The average Bonchev–Trinajstić information content (AvgIpc) is 3.42. The van der Waals surface area contributed by atoms with Gasteiger partial charge < -0.3 is 14.2 Å². The number of unbranched alkanes of at least 4 members (excludes halogenated alkanes) is 52. The highest BCUT2D eigenvalue weighted by Crippen LogP contribution is 2.19. The highest BCUT2D eigenvalue weighted by Gasteiger charge is 2.19. The SMILES string of the molecule is CCCCCC/C=C\CCCCCCCC(=O)OC(COC(=O)CCCCCCCCCCCCCCC)COC(=O)CCCCCCCCCCCCCCCCCCCCCCCCCCCCCCCCCC. The molecular formula is C70H134O6. The number of carbonyl (C=O) groups excluding carboxylic acids is 3. The van der Waals surface area contributed by atoms with E-state index < -0.39 is 6.10 Å². The average molecular weight is 1070 g/mol. The lowest BCUT2D eigenvalue weighted by Gasteiger charge is -2.18. The second-order valence-corrected chi connectivity index (χ2v) is 23.8. The van der Waals surface area contributed by atoms with Gasteiger partial charge in [-0.15, -0.1) is 0 Å². The Kier molecular flexibility index (Phi) is 64.1. The van der Waals surface area contributed by atoms with Gasteiger partial charge in [0, 0.05) is 19.3 Å². The number of rotatable bonds is 65. The monoisotopic (exact) mass is 1070 g/mol. The highest BCUT2D eigenvalue weighted by atomic mass is 16.6. The summed E-state index contributed by atoms with van der Waals surface area (Å²) in [7, 11) is 0. The van der Waals surface area contributed by atoms with Crippen LogP contribution in [0.3, 0.4) is 0 Å². The maximum Gasteiger partial charge on any atom is 0.306 e. The van der Waals surface area contributed by atoms with Crippen LogP contribution in [-0.4, -0.2) is 37.2 Å². The van der Waals surface area contributed by atoms with Crippen molar-refractivity contribution in [3.63, 3.8) is 0 Å². The van der Waals surface area contributed by atoms with Crippen LogP contribution < -0.4 is 0 Å². The predicted octanol–water partition coefficient (Wildman–Crippen LogP) is 23.6. The molecule has 0 aromatic rings. The van der Waals surface area contributed by atoms with Gasteiger partial charge in [0.1, 0.15) is 13.2 Å². The van der Waals surface area contributed by atoms with E-state index in [0.29, 0.717) is 19.3 Å². The Labute approximate surface area is 475 Å². The Morgan fingerprint density at radius 2 is 0.434 bits per heavy atom. The molecule has 0 radical (unpaired) electrons. The molecule has 0 aliphatic heterocycles. The topological polar surface area (TPSA) is 78.9 Å². The van der Waals surface area contributed by atoms with Crippen molar-refractivity contribution in [1.82, 2.24) is 0 Å². The van der Waals surface area contributed by atoms with Crippen LogP contribution in [0.15, 0.2) is 12.2 Å². The molecule has 0 saturated heterocycles. The lowest BCUT2D eigenvalue weighted by Crippen LogP contribution is -2.30. The molecule has 0 spiro atoms. The molecule has 0 saturated carbocycles. The first kappa shape index (κ1) is 74.2. The largest absolute Gasteiger partial charge is 0.462 e. The van der Waals surface area contributed by atoms with Crippen LogP contribution in [0, 0.1) is 0 Å². The van der Waals surface area contributed by atoms with Crippen LogP contribution in [0.25, 0.3) is 0 Å². The zero-order chi connectivity index (χ0) is 55.0. The molecule has 0 heterocycles. The maximum atomic E-state index is 12.9. The van der Waals surface area contributed by atoms with Crippen LogP contribution in [0.5, 0.6) is 0 Å². The molecule has 0 N–H and O–H groups in total. The normalized spacial score (nSPS) is 12.0. The zero-order valence-electron chi connectivity index (χ0n) is 51.8. The minimum Gasteiger partial charge on any atom is -0.462 e. The second-order valence-electron chi connectivity index (χ2n) is 23.8. The van der Waals surface area contributed by atoms with Crippen LogP contribution in [0.1, 0.15) is 400 Å². The number of hydrogen-bond acceptors (Lipinski definition) is 6. The molecule has 0 aliphatic rings. The minimum atomic E-state index is -0.769. The van der Waals surface area contributed by atoms with Gasteiger partial charge >= 0.3 is 17.9 Å². The van der Waals surface area contributed by atoms with Crippen molar-refractivity contribution in [3.05, 3.63) is 12.2 Å². The van der Waals surface area contributed by atoms with Crippen LogP contribution in [0.2, 0.25) is 0 Å². The summed E-state index contributed by atoms with van der Waals surface area (Å²) in [6.07, 6.45) is 78.3. The molecule has 6 nitrogen and oxygen atoms in total. The van der Waals surface area contributed by atoms with E-state index in [1.54, 1.807) is 0 Å². The summed E-state index contributed by atoms with van der Waals surface area (Å²) in [6, 6.07) is 0. The summed E-state index contributed by atoms with van der Waals surface area (Å²) in [5.74, 6) is -0.847. The van der Waals surface area contributed by atoms with Gasteiger partial charge in [-0.2, -0.15) is 0 Å². The predicted molar refractivity (Wildman–Crippen MR) is 330 cm³/mol. The van der Waals surface area contributed by atoms with Gasteiger partial charge in [0.05, 0.1) is 0 Å². The molecule has 0 bridgehead atoms. The first-order chi connectivity index (χ1) is 37.5. The smallest absolute Gasteiger partial charge is 0.306 e. The molecule has 76 heavy (non-hydrogen) atoms. The van der Waals surface area contributed by atoms with Crippen LogP contribution in [0.4, 0.5) is 0 Å². The molecule has 1 atom stereocenters. The molecule has 0 aromatic heterocycles. The van der Waals surface area contributed by atoms with E-state index in [2.05, 4.69) is 32.9 Å². The fourth-order valence-electron chi connectivity index (χ4n) is 10.8. The Morgan fingerprint density at radius 3 is 0.671 bits per heavy atom. The summed E-state index contributed by atoms with van der Waals surface area (Å²) in [4.78, 5) is 38.2. The quantitative estimate of drug-likeness (QED) is 0.0261. The number of esters is 3. The zero-order valence-corrected chi connectivity index (χ0v) is 51.8. The summed E-state index contributed by atoms with van der Waals surface area (Å²) < 4.78 is 16.9. The van der Waals surface area contributed by atoms with Crippen molar-refractivity contribution in [2.75, 3.05) is 13.2 Å². The van der Waals surface area contributed by atoms with Crippen LogP contribution in [-0.2, 0) is 28.6 Å². The molecule has 0 amide bonds. The fraction of sp³-hybridized carbons (Fsp3) is 0.929. The van der Waals surface area contributed by atoms with E-state index in [4.69, 9.17) is 14.2 Å². The molecule has 0 aromatic carbocycles. The van der Waals surface area contributed by atoms with E-state index in [-0.39, 0.29) is 31.1 Å². The molecular weight excluding hydrogens is 937 g/mol. The first-order valence-corrected chi connectivity index (χ1v) is 34.7. The Morgan fingerprint density at radius 1 is 0.250 bits per heavy atom. The van der Waals surface area contributed by atoms with Gasteiger partial charge in [-0.05, 0) is 44.9 Å².